The van der Waals surface area contributed by atoms with Crippen molar-refractivity contribution in [1.82, 2.24) is 15.0 Å². The van der Waals surface area contributed by atoms with Gasteiger partial charge in [-0.3, -0.25) is 15.0 Å². The fourth-order valence-corrected chi connectivity index (χ4v) is 5.02. The smallest absolute Gasteiger partial charge is 0.199 e. The first-order valence-electron chi connectivity index (χ1n) is 14.0. The number of pyridine rings is 4. The zero-order chi connectivity index (χ0) is 31.1. The maximum absolute atomic E-state index is 10.9. The van der Waals surface area contributed by atoms with Crippen LogP contribution in [0.2, 0.25) is 10.0 Å². The van der Waals surface area contributed by atoms with Crippen LogP contribution in [0, 0.1) is 19.1 Å². The van der Waals surface area contributed by atoms with Gasteiger partial charge in [-0.05, 0) is 83.5 Å². The van der Waals surface area contributed by atoms with E-state index in [9.17, 15) is 5.21 Å². The number of nitrogens with zero attached hydrogens (tertiary/aromatic N) is 4. The Bertz CT molecular complexity index is 1210. The van der Waals surface area contributed by atoms with E-state index in [0.29, 0.717) is 28.7 Å². The van der Waals surface area contributed by atoms with Crippen molar-refractivity contribution in [1.29, 1.82) is 0 Å². The van der Waals surface area contributed by atoms with E-state index in [4.69, 9.17) is 23.2 Å². The van der Waals surface area contributed by atoms with Gasteiger partial charge in [-0.15, -0.1) is 0 Å². The van der Waals surface area contributed by atoms with E-state index < -0.39 is 0 Å². The molecular formula is C35H50Cl2N4O. The summed E-state index contributed by atoms with van der Waals surface area (Å²) in [6.07, 6.45) is 13.8. The third kappa shape index (κ3) is 13.8. The molecule has 0 saturated heterocycles. The highest BCUT2D eigenvalue weighted by atomic mass is 35.5. The van der Waals surface area contributed by atoms with Crippen molar-refractivity contribution in [2.75, 3.05) is 0 Å². The molecule has 0 radical (unpaired) electrons. The van der Waals surface area contributed by atoms with Gasteiger partial charge < -0.3 is 5.21 Å². The standard InChI is InChI=1S/C9H12ClNO.C9H12ClN.2C8H11N.CH4/c1-6(2)9-7(3)4-11(12)5-8(9)10;1-6(2)9-7(3)4-11-5-8(9)10;1-7(2)8-3-5-9-6-4-8;1-7(2)8-4-3-5-9-6-8;/h4-6H,1-3H3;4-6H,1-3H3;2*3-7H,1-2H3;1H4. The fraction of sp³-hybridized carbons (Fsp3) is 0.429. The largest absolute Gasteiger partial charge is 0.619 e. The monoisotopic (exact) mass is 612 g/mol. The molecule has 4 heterocycles. The molecule has 0 amide bonds. The summed E-state index contributed by atoms with van der Waals surface area (Å²) in [6.45, 7) is 21.0. The lowest BCUT2D eigenvalue weighted by atomic mass is 10.0. The molecule has 0 aliphatic heterocycles. The number of aromatic nitrogens is 4. The van der Waals surface area contributed by atoms with Gasteiger partial charge in [0.25, 0.3) is 0 Å². The predicted molar refractivity (Wildman–Crippen MR) is 181 cm³/mol. The summed E-state index contributed by atoms with van der Waals surface area (Å²) in [5.74, 6) is 2.05. The van der Waals surface area contributed by atoms with Gasteiger partial charge in [0.1, 0.15) is 5.02 Å². The Balaban J connectivity index is 0.000000533. The van der Waals surface area contributed by atoms with Crippen LogP contribution in [0.5, 0.6) is 0 Å². The first kappa shape index (κ1) is 39.0. The minimum absolute atomic E-state index is 0. The van der Waals surface area contributed by atoms with E-state index in [1.807, 2.05) is 56.8 Å². The number of aryl methyl sites for hydroxylation is 2. The first-order chi connectivity index (χ1) is 19.3. The van der Waals surface area contributed by atoms with E-state index in [2.05, 4.69) is 76.4 Å². The first-order valence-corrected chi connectivity index (χ1v) is 14.8. The van der Waals surface area contributed by atoms with Crippen LogP contribution in [0.4, 0.5) is 0 Å². The van der Waals surface area contributed by atoms with Gasteiger partial charge in [0.15, 0.2) is 12.4 Å². The Hall–Kier alpha value is -3.02. The number of halogens is 2. The van der Waals surface area contributed by atoms with Crippen molar-refractivity contribution < 1.29 is 4.73 Å². The summed E-state index contributed by atoms with van der Waals surface area (Å²) in [4.78, 5) is 11.9. The van der Waals surface area contributed by atoms with Gasteiger partial charge >= 0.3 is 0 Å². The lowest BCUT2D eigenvalue weighted by molar-refractivity contribution is -0.605. The maximum atomic E-state index is 10.9. The zero-order valence-electron chi connectivity index (χ0n) is 26.2. The second kappa shape index (κ2) is 20.0. The normalized spacial score (nSPS) is 10.2. The SMILES string of the molecule is C.CC(C)c1cccnc1.CC(C)c1ccncc1.Cc1c[n+]([O-])cc(Cl)c1C(C)C.Cc1cncc(Cl)c1C(C)C. The Morgan fingerprint density at radius 1 is 0.595 bits per heavy atom. The van der Waals surface area contributed by atoms with Crippen molar-refractivity contribution in [3.63, 3.8) is 0 Å². The molecule has 230 valence electrons. The molecule has 4 rings (SSSR count). The molecule has 42 heavy (non-hydrogen) atoms. The van der Waals surface area contributed by atoms with Gasteiger partial charge in [-0.2, -0.15) is 4.73 Å². The number of rotatable bonds is 4. The molecule has 0 N–H and O–H groups in total. The van der Waals surface area contributed by atoms with Crippen molar-refractivity contribution >= 4 is 23.2 Å². The minimum atomic E-state index is 0. The topological polar surface area (TPSA) is 65.6 Å². The summed E-state index contributed by atoms with van der Waals surface area (Å²) in [6, 6.07) is 8.16. The Kier molecular flexibility index (Phi) is 18.5. The molecule has 0 aromatic carbocycles. The molecular weight excluding hydrogens is 563 g/mol. The molecule has 0 spiro atoms. The second-order valence-electron chi connectivity index (χ2n) is 11.1. The van der Waals surface area contributed by atoms with Gasteiger partial charge in [0, 0.05) is 42.7 Å². The molecule has 7 heteroatoms. The van der Waals surface area contributed by atoms with E-state index >= 15 is 0 Å². The lowest BCUT2D eigenvalue weighted by Gasteiger charge is -2.10. The van der Waals surface area contributed by atoms with Crippen molar-refractivity contribution in [2.24, 2.45) is 0 Å². The van der Waals surface area contributed by atoms with Crippen LogP contribution in [-0.2, 0) is 0 Å². The summed E-state index contributed by atoms with van der Waals surface area (Å²) < 4.78 is 0.740. The van der Waals surface area contributed by atoms with Gasteiger partial charge in [0.05, 0.1) is 5.02 Å². The third-order valence-electron chi connectivity index (χ3n) is 6.26. The van der Waals surface area contributed by atoms with Crippen LogP contribution in [0.3, 0.4) is 0 Å². The van der Waals surface area contributed by atoms with Gasteiger partial charge in [-0.25, -0.2) is 0 Å². The molecule has 5 nitrogen and oxygen atoms in total. The average Bonchev–Trinajstić information content (AvgIpc) is 2.90. The number of hydrogen-bond donors (Lipinski definition) is 0. The molecule has 0 unspecified atom stereocenters. The number of hydrogen-bond acceptors (Lipinski definition) is 4. The fourth-order valence-electron chi connectivity index (χ4n) is 4.14. The summed E-state index contributed by atoms with van der Waals surface area (Å²) in [5, 5.41) is 12.3. The minimum Gasteiger partial charge on any atom is -0.619 e. The highest BCUT2D eigenvalue weighted by molar-refractivity contribution is 6.31. The van der Waals surface area contributed by atoms with Gasteiger partial charge in [0.2, 0.25) is 0 Å². The summed E-state index contributed by atoms with van der Waals surface area (Å²) in [5.41, 5.74) is 7.05. The zero-order valence-corrected chi connectivity index (χ0v) is 27.7. The van der Waals surface area contributed by atoms with Crippen LogP contribution < -0.4 is 4.73 Å². The molecule has 4 aromatic heterocycles. The third-order valence-corrected chi connectivity index (χ3v) is 6.86. The van der Waals surface area contributed by atoms with Crippen LogP contribution in [0.15, 0.2) is 73.8 Å². The van der Waals surface area contributed by atoms with Crippen LogP contribution in [0.25, 0.3) is 0 Å². The van der Waals surface area contributed by atoms with Crippen LogP contribution >= 0.6 is 23.2 Å². The van der Waals surface area contributed by atoms with Gasteiger partial charge in [-0.1, -0.05) is 92.1 Å². The molecule has 4 aromatic rings. The highest BCUT2D eigenvalue weighted by Gasteiger charge is 2.12. The van der Waals surface area contributed by atoms with Crippen LogP contribution in [-0.4, -0.2) is 15.0 Å². The predicted octanol–water partition coefficient (Wildman–Crippen LogP) is 10.6. The molecule has 0 bridgehead atoms. The van der Waals surface area contributed by atoms with E-state index in [1.54, 1.807) is 18.6 Å². The summed E-state index contributed by atoms with van der Waals surface area (Å²) >= 11 is 11.9. The van der Waals surface area contributed by atoms with E-state index in [1.165, 1.54) is 28.5 Å². The second-order valence-corrected chi connectivity index (χ2v) is 11.9. The molecule has 0 aliphatic rings. The lowest BCUT2D eigenvalue weighted by Crippen LogP contribution is -2.26. The molecule has 0 aliphatic carbocycles. The van der Waals surface area contributed by atoms with Crippen LogP contribution in [0.1, 0.15) is 120 Å². The van der Waals surface area contributed by atoms with E-state index in [-0.39, 0.29) is 7.43 Å². The Labute approximate surface area is 265 Å². The molecule has 0 saturated carbocycles. The summed E-state index contributed by atoms with van der Waals surface area (Å²) in [7, 11) is 0. The van der Waals surface area contributed by atoms with E-state index in [0.717, 1.165) is 20.9 Å². The average molecular weight is 614 g/mol. The van der Waals surface area contributed by atoms with Crippen molar-refractivity contribution in [3.8, 4) is 0 Å². The van der Waals surface area contributed by atoms with Crippen molar-refractivity contribution in [2.45, 2.75) is 100 Å². The Morgan fingerprint density at radius 2 is 1.14 bits per heavy atom. The quantitative estimate of drug-likeness (QED) is 0.170. The maximum Gasteiger partial charge on any atom is 0.199 e. The highest BCUT2D eigenvalue weighted by Crippen LogP contribution is 2.26. The molecule has 0 atom stereocenters. The Morgan fingerprint density at radius 3 is 1.50 bits per heavy atom. The van der Waals surface area contributed by atoms with Crippen molar-refractivity contribution in [3.05, 3.63) is 122 Å². The molecule has 0 fully saturated rings.